The normalized spacial score (nSPS) is 11.3. The number of carbonyl (C=O) groups excluding carboxylic acids is 1. The van der Waals surface area contributed by atoms with E-state index in [9.17, 15) is 13.2 Å². The quantitative estimate of drug-likeness (QED) is 0.880. The van der Waals surface area contributed by atoms with E-state index in [0.717, 1.165) is 16.9 Å². The first-order valence-electron chi connectivity index (χ1n) is 5.69. The van der Waals surface area contributed by atoms with Crippen LogP contribution in [-0.4, -0.2) is 19.3 Å². The minimum atomic E-state index is -3.69. The van der Waals surface area contributed by atoms with Crippen molar-refractivity contribution in [2.24, 2.45) is 5.14 Å². The van der Waals surface area contributed by atoms with Gasteiger partial charge >= 0.3 is 0 Å². The molecule has 2 rings (SSSR count). The van der Waals surface area contributed by atoms with Gasteiger partial charge in [0.25, 0.3) is 5.91 Å². The van der Waals surface area contributed by atoms with Gasteiger partial charge in [0.2, 0.25) is 10.0 Å². The fourth-order valence-corrected chi connectivity index (χ4v) is 3.30. The number of rotatable bonds is 4. The van der Waals surface area contributed by atoms with Crippen molar-refractivity contribution in [3.63, 3.8) is 0 Å². The number of primary sulfonamides is 1. The summed E-state index contributed by atoms with van der Waals surface area (Å²) in [5.74, 6) is -0.298. The van der Waals surface area contributed by atoms with Crippen molar-refractivity contribution >= 4 is 27.3 Å². The molecule has 2 aromatic heterocycles. The van der Waals surface area contributed by atoms with E-state index in [0.29, 0.717) is 10.6 Å². The van der Waals surface area contributed by atoms with Gasteiger partial charge in [0.1, 0.15) is 9.90 Å². The average Bonchev–Trinajstić information content (AvgIpc) is 2.85. The molecule has 6 nitrogen and oxygen atoms in total. The molecule has 0 aliphatic carbocycles. The number of nitrogens with one attached hydrogen (secondary N) is 1. The molecule has 8 heteroatoms. The maximum absolute atomic E-state index is 11.9. The van der Waals surface area contributed by atoms with Gasteiger partial charge in [0, 0.05) is 11.1 Å². The van der Waals surface area contributed by atoms with Gasteiger partial charge in [-0.15, -0.1) is 11.3 Å². The van der Waals surface area contributed by atoms with Gasteiger partial charge in [-0.25, -0.2) is 13.6 Å². The first kappa shape index (κ1) is 14.6. The Morgan fingerprint density at radius 3 is 2.75 bits per heavy atom. The molecular weight excluding hydrogens is 298 g/mol. The van der Waals surface area contributed by atoms with E-state index in [4.69, 9.17) is 5.14 Å². The molecule has 0 aromatic carbocycles. The molecule has 3 N–H and O–H groups in total. The van der Waals surface area contributed by atoms with Crippen molar-refractivity contribution in [2.75, 3.05) is 0 Å². The van der Waals surface area contributed by atoms with Gasteiger partial charge in [-0.3, -0.25) is 9.78 Å². The third kappa shape index (κ3) is 3.41. The lowest BCUT2D eigenvalue weighted by molar-refractivity contribution is 0.0945. The van der Waals surface area contributed by atoms with Gasteiger partial charge in [0.15, 0.2) is 0 Å². The number of aromatic nitrogens is 1. The standard InChI is InChI=1S/C12H13N3O3S2/c1-8-3-2-6-14-11(8)12(16)15-7-9-4-5-10(19-9)20(13,17)18/h2-6H,7H2,1H3,(H,15,16)(H2,13,17,18). The van der Waals surface area contributed by atoms with Crippen LogP contribution in [0.5, 0.6) is 0 Å². The van der Waals surface area contributed by atoms with Gasteiger partial charge in [0.05, 0.1) is 6.54 Å². The molecule has 0 aliphatic rings. The fraction of sp³-hybridized carbons (Fsp3) is 0.167. The van der Waals surface area contributed by atoms with E-state index < -0.39 is 10.0 Å². The van der Waals surface area contributed by atoms with Crippen molar-refractivity contribution in [3.05, 3.63) is 46.6 Å². The smallest absolute Gasteiger partial charge is 0.270 e. The number of nitrogens with zero attached hydrogens (tertiary/aromatic N) is 1. The molecule has 0 unspecified atom stereocenters. The highest BCUT2D eigenvalue weighted by Gasteiger charge is 2.13. The predicted molar refractivity (Wildman–Crippen MR) is 75.8 cm³/mol. The van der Waals surface area contributed by atoms with E-state index in [1.54, 1.807) is 31.3 Å². The molecule has 0 radical (unpaired) electrons. The summed E-state index contributed by atoms with van der Waals surface area (Å²) in [6, 6.07) is 6.60. The molecular formula is C12H13N3O3S2. The van der Waals surface area contributed by atoms with E-state index in [1.165, 1.54) is 6.07 Å². The summed E-state index contributed by atoms with van der Waals surface area (Å²) in [6.45, 7) is 2.03. The van der Waals surface area contributed by atoms with Gasteiger partial charge in [-0.05, 0) is 30.7 Å². The number of pyridine rings is 1. The van der Waals surface area contributed by atoms with Crippen LogP contribution in [0.25, 0.3) is 0 Å². The topological polar surface area (TPSA) is 102 Å². The highest BCUT2D eigenvalue weighted by Crippen LogP contribution is 2.20. The van der Waals surface area contributed by atoms with Crippen LogP contribution in [0.4, 0.5) is 0 Å². The maximum Gasteiger partial charge on any atom is 0.270 e. The Kier molecular flexibility index (Phi) is 4.17. The van der Waals surface area contributed by atoms with Crippen LogP contribution in [-0.2, 0) is 16.6 Å². The molecule has 106 valence electrons. The fourth-order valence-electron chi connectivity index (χ4n) is 1.58. The predicted octanol–water partition coefficient (Wildman–Crippen LogP) is 1.03. The minimum absolute atomic E-state index is 0.0794. The summed E-state index contributed by atoms with van der Waals surface area (Å²) in [7, 11) is -3.69. The first-order valence-corrected chi connectivity index (χ1v) is 8.05. The highest BCUT2D eigenvalue weighted by molar-refractivity contribution is 7.91. The molecule has 0 saturated heterocycles. The second kappa shape index (κ2) is 5.70. The van der Waals surface area contributed by atoms with Crippen LogP contribution < -0.4 is 10.5 Å². The van der Waals surface area contributed by atoms with E-state index in [1.807, 2.05) is 0 Å². The lowest BCUT2D eigenvalue weighted by Gasteiger charge is -2.05. The van der Waals surface area contributed by atoms with Crippen molar-refractivity contribution in [1.82, 2.24) is 10.3 Å². The number of nitrogens with two attached hydrogens (primary N) is 1. The third-order valence-corrected chi connectivity index (χ3v) is 5.09. The van der Waals surface area contributed by atoms with Gasteiger partial charge in [-0.1, -0.05) is 6.07 Å². The Morgan fingerprint density at radius 2 is 2.15 bits per heavy atom. The summed E-state index contributed by atoms with van der Waals surface area (Å²) >= 11 is 1.03. The van der Waals surface area contributed by atoms with Crippen LogP contribution in [0.1, 0.15) is 20.9 Å². The number of hydrogen-bond acceptors (Lipinski definition) is 5. The third-order valence-electron chi connectivity index (χ3n) is 2.57. The van der Waals surface area contributed by atoms with Crippen molar-refractivity contribution in [1.29, 1.82) is 0 Å². The highest BCUT2D eigenvalue weighted by atomic mass is 32.2. The number of aryl methyl sites for hydroxylation is 1. The number of thiophene rings is 1. The Balaban J connectivity index is 2.04. The summed E-state index contributed by atoms with van der Waals surface area (Å²) in [5, 5.41) is 7.72. The van der Waals surface area contributed by atoms with Crippen LogP contribution in [0.2, 0.25) is 0 Å². The number of carbonyl (C=O) groups is 1. The number of sulfonamides is 1. The van der Waals surface area contributed by atoms with Crippen LogP contribution >= 0.6 is 11.3 Å². The second-order valence-corrected chi connectivity index (χ2v) is 7.07. The molecule has 0 fully saturated rings. The lowest BCUT2D eigenvalue weighted by atomic mass is 10.2. The molecule has 2 heterocycles. The molecule has 0 saturated carbocycles. The minimum Gasteiger partial charge on any atom is -0.346 e. The van der Waals surface area contributed by atoms with E-state index >= 15 is 0 Å². The molecule has 0 bridgehead atoms. The molecule has 0 atom stereocenters. The molecule has 20 heavy (non-hydrogen) atoms. The van der Waals surface area contributed by atoms with Gasteiger partial charge < -0.3 is 5.32 Å². The Morgan fingerprint density at radius 1 is 1.40 bits per heavy atom. The molecule has 0 aliphatic heterocycles. The summed E-state index contributed by atoms with van der Waals surface area (Å²) in [4.78, 5) is 16.6. The zero-order valence-corrected chi connectivity index (χ0v) is 12.3. The molecule has 1 amide bonds. The van der Waals surface area contributed by atoms with E-state index in [2.05, 4.69) is 10.3 Å². The second-order valence-electron chi connectivity index (χ2n) is 4.12. The van der Waals surface area contributed by atoms with Crippen LogP contribution in [0.15, 0.2) is 34.7 Å². The zero-order valence-electron chi connectivity index (χ0n) is 10.7. The largest absolute Gasteiger partial charge is 0.346 e. The Hall–Kier alpha value is -1.77. The van der Waals surface area contributed by atoms with Gasteiger partial charge in [-0.2, -0.15) is 0 Å². The van der Waals surface area contributed by atoms with Crippen LogP contribution in [0, 0.1) is 6.92 Å². The maximum atomic E-state index is 11.9. The molecule has 2 aromatic rings. The van der Waals surface area contributed by atoms with Crippen LogP contribution in [0.3, 0.4) is 0 Å². The number of hydrogen-bond donors (Lipinski definition) is 2. The summed E-state index contributed by atoms with van der Waals surface area (Å²) in [6.07, 6.45) is 1.55. The SMILES string of the molecule is Cc1cccnc1C(=O)NCc1ccc(S(N)(=O)=O)s1. The average molecular weight is 311 g/mol. The van der Waals surface area contributed by atoms with Crippen molar-refractivity contribution in [3.8, 4) is 0 Å². The van der Waals surface area contributed by atoms with Crippen molar-refractivity contribution in [2.45, 2.75) is 17.7 Å². The molecule has 0 spiro atoms. The number of amides is 1. The first-order chi connectivity index (χ1) is 9.38. The Bertz CT molecular complexity index is 738. The van der Waals surface area contributed by atoms with E-state index in [-0.39, 0.29) is 16.7 Å². The van der Waals surface area contributed by atoms with Crippen molar-refractivity contribution < 1.29 is 13.2 Å². The Labute approximate surface area is 120 Å². The monoisotopic (exact) mass is 311 g/mol. The summed E-state index contributed by atoms with van der Waals surface area (Å²) < 4.78 is 22.4. The lowest BCUT2D eigenvalue weighted by Crippen LogP contribution is -2.24. The zero-order chi connectivity index (χ0) is 14.8. The summed E-state index contributed by atoms with van der Waals surface area (Å²) in [5.41, 5.74) is 1.14.